The standard InChI is InChI=1S/C18H22N2O/c1-12-9-10-16(11-13(12)2)20-18(21)14(3)17(19)15-7-5-4-6-8-15/h4-11,14,17H,19H2,1-3H3,(H,20,21). The van der Waals surface area contributed by atoms with E-state index in [2.05, 4.69) is 12.2 Å². The lowest BCUT2D eigenvalue weighted by atomic mass is 9.94. The van der Waals surface area contributed by atoms with Crippen LogP contribution in [-0.2, 0) is 4.79 Å². The lowest BCUT2D eigenvalue weighted by Gasteiger charge is -2.20. The second-order valence-corrected chi connectivity index (χ2v) is 5.51. The van der Waals surface area contributed by atoms with Gasteiger partial charge in [0, 0.05) is 11.7 Å². The Labute approximate surface area is 126 Å². The Morgan fingerprint density at radius 1 is 1.05 bits per heavy atom. The fourth-order valence-electron chi connectivity index (χ4n) is 2.20. The van der Waals surface area contributed by atoms with Crippen molar-refractivity contribution in [3.8, 4) is 0 Å². The first-order valence-corrected chi connectivity index (χ1v) is 7.17. The Morgan fingerprint density at radius 2 is 1.71 bits per heavy atom. The molecule has 0 heterocycles. The summed E-state index contributed by atoms with van der Waals surface area (Å²) >= 11 is 0. The van der Waals surface area contributed by atoms with E-state index in [1.54, 1.807) is 0 Å². The molecule has 2 atom stereocenters. The normalized spacial score (nSPS) is 13.5. The van der Waals surface area contributed by atoms with E-state index in [4.69, 9.17) is 5.73 Å². The maximum absolute atomic E-state index is 12.3. The minimum absolute atomic E-state index is 0.0605. The molecule has 110 valence electrons. The van der Waals surface area contributed by atoms with Crippen molar-refractivity contribution in [2.45, 2.75) is 26.8 Å². The Bertz CT molecular complexity index is 622. The van der Waals surface area contributed by atoms with Gasteiger partial charge in [0.15, 0.2) is 0 Å². The van der Waals surface area contributed by atoms with E-state index < -0.39 is 0 Å². The molecule has 0 fully saturated rings. The molecule has 3 heteroatoms. The molecule has 0 aliphatic carbocycles. The lowest BCUT2D eigenvalue weighted by molar-refractivity contribution is -0.120. The van der Waals surface area contributed by atoms with Crippen molar-refractivity contribution in [1.82, 2.24) is 0 Å². The fraction of sp³-hybridized carbons (Fsp3) is 0.278. The molecular weight excluding hydrogens is 260 g/mol. The molecule has 0 aliphatic heterocycles. The van der Waals surface area contributed by atoms with Crippen LogP contribution in [0.2, 0.25) is 0 Å². The summed E-state index contributed by atoms with van der Waals surface area (Å²) in [6.45, 7) is 5.94. The van der Waals surface area contributed by atoms with Gasteiger partial charge < -0.3 is 11.1 Å². The number of nitrogens with one attached hydrogen (secondary N) is 1. The van der Waals surface area contributed by atoms with Crippen molar-refractivity contribution in [2.24, 2.45) is 11.7 Å². The number of carbonyl (C=O) groups is 1. The van der Waals surface area contributed by atoms with E-state index in [1.165, 1.54) is 5.56 Å². The van der Waals surface area contributed by atoms with E-state index in [0.29, 0.717) is 0 Å². The van der Waals surface area contributed by atoms with Crippen LogP contribution in [0.5, 0.6) is 0 Å². The SMILES string of the molecule is Cc1ccc(NC(=O)C(C)C(N)c2ccccc2)cc1C. The number of anilines is 1. The molecule has 2 unspecified atom stereocenters. The molecule has 2 aromatic carbocycles. The molecule has 2 rings (SSSR count). The summed E-state index contributed by atoms with van der Waals surface area (Å²) in [6.07, 6.45) is 0. The van der Waals surface area contributed by atoms with E-state index >= 15 is 0 Å². The van der Waals surface area contributed by atoms with Gasteiger partial charge in [0.2, 0.25) is 5.91 Å². The summed E-state index contributed by atoms with van der Waals surface area (Å²) in [5, 5.41) is 2.94. The fourth-order valence-corrected chi connectivity index (χ4v) is 2.20. The van der Waals surface area contributed by atoms with Crippen LogP contribution in [0.4, 0.5) is 5.69 Å². The van der Waals surface area contributed by atoms with E-state index in [1.807, 2.05) is 62.4 Å². The van der Waals surface area contributed by atoms with Crippen molar-refractivity contribution in [3.05, 3.63) is 65.2 Å². The van der Waals surface area contributed by atoms with Gasteiger partial charge in [-0.2, -0.15) is 0 Å². The van der Waals surface area contributed by atoms with Gasteiger partial charge >= 0.3 is 0 Å². The summed E-state index contributed by atoms with van der Waals surface area (Å²) in [4.78, 5) is 12.3. The van der Waals surface area contributed by atoms with Crippen molar-refractivity contribution in [2.75, 3.05) is 5.32 Å². The summed E-state index contributed by atoms with van der Waals surface area (Å²) in [5.41, 5.74) is 10.3. The van der Waals surface area contributed by atoms with E-state index in [9.17, 15) is 4.79 Å². The molecule has 1 amide bonds. The zero-order chi connectivity index (χ0) is 15.4. The topological polar surface area (TPSA) is 55.1 Å². The van der Waals surface area contributed by atoms with Crippen LogP contribution < -0.4 is 11.1 Å². The van der Waals surface area contributed by atoms with Crippen LogP contribution in [0.25, 0.3) is 0 Å². The monoisotopic (exact) mass is 282 g/mol. The number of hydrogen-bond donors (Lipinski definition) is 2. The minimum atomic E-state index is -0.308. The third-order valence-corrected chi connectivity index (χ3v) is 3.91. The van der Waals surface area contributed by atoms with Crippen molar-refractivity contribution in [1.29, 1.82) is 0 Å². The third kappa shape index (κ3) is 3.70. The number of aryl methyl sites for hydroxylation is 2. The third-order valence-electron chi connectivity index (χ3n) is 3.91. The lowest BCUT2D eigenvalue weighted by Crippen LogP contribution is -2.30. The molecule has 0 aromatic heterocycles. The number of benzene rings is 2. The first kappa shape index (κ1) is 15.3. The first-order chi connectivity index (χ1) is 9.99. The summed E-state index contributed by atoms with van der Waals surface area (Å²) in [5.74, 6) is -0.358. The maximum Gasteiger partial charge on any atom is 0.229 e. The average Bonchev–Trinajstić information content (AvgIpc) is 2.50. The number of amides is 1. The molecule has 21 heavy (non-hydrogen) atoms. The molecule has 2 aromatic rings. The number of carbonyl (C=O) groups excluding carboxylic acids is 1. The van der Waals surface area contributed by atoms with Crippen molar-refractivity contribution < 1.29 is 4.79 Å². The quantitative estimate of drug-likeness (QED) is 0.900. The zero-order valence-corrected chi connectivity index (χ0v) is 12.8. The van der Waals surface area contributed by atoms with Crippen LogP contribution in [-0.4, -0.2) is 5.91 Å². The Hall–Kier alpha value is -2.13. The molecule has 0 aliphatic rings. The Morgan fingerprint density at radius 3 is 2.33 bits per heavy atom. The summed E-state index contributed by atoms with van der Waals surface area (Å²) < 4.78 is 0. The minimum Gasteiger partial charge on any atom is -0.326 e. The zero-order valence-electron chi connectivity index (χ0n) is 12.8. The predicted octanol–water partition coefficient (Wildman–Crippen LogP) is 3.58. The van der Waals surface area contributed by atoms with Crippen LogP contribution in [0.3, 0.4) is 0 Å². The van der Waals surface area contributed by atoms with Gasteiger partial charge in [-0.05, 0) is 42.7 Å². The second kappa shape index (κ2) is 6.55. The highest BCUT2D eigenvalue weighted by molar-refractivity contribution is 5.93. The number of rotatable bonds is 4. The van der Waals surface area contributed by atoms with Gasteiger partial charge in [0.25, 0.3) is 0 Å². The van der Waals surface area contributed by atoms with Gasteiger partial charge in [-0.1, -0.05) is 43.3 Å². The van der Waals surface area contributed by atoms with Gasteiger partial charge in [-0.3, -0.25) is 4.79 Å². The predicted molar refractivity (Wildman–Crippen MR) is 87.1 cm³/mol. The second-order valence-electron chi connectivity index (χ2n) is 5.51. The molecule has 3 nitrogen and oxygen atoms in total. The summed E-state index contributed by atoms with van der Waals surface area (Å²) in [6, 6.07) is 15.3. The van der Waals surface area contributed by atoms with Crippen molar-refractivity contribution in [3.63, 3.8) is 0 Å². The van der Waals surface area contributed by atoms with Crippen LogP contribution >= 0.6 is 0 Å². The molecule has 0 spiro atoms. The first-order valence-electron chi connectivity index (χ1n) is 7.17. The largest absolute Gasteiger partial charge is 0.326 e. The van der Waals surface area contributed by atoms with Crippen LogP contribution in [0.15, 0.2) is 48.5 Å². The average molecular weight is 282 g/mol. The van der Waals surface area contributed by atoms with Gasteiger partial charge in [0.05, 0.1) is 5.92 Å². The van der Waals surface area contributed by atoms with E-state index in [0.717, 1.165) is 16.8 Å². The number of hydrogen-bond acceptors (Lipinski definition) is 2. The maximum atomic E-state index is 12.3. The van der Waals surface area contributed by atoms with E-state index in [-0.39, 0.29) is 17.9 Å². The Balaban J connectivity index is 2.07. The molecule has 0 saturated carbocycles. The highest BCUT2D eigenvalue weighted by Gasteiger charge is 2.22. The highest BCUT2D eigenvalue weighted by Crippen LogP contribution is 2.21. The van der Waals surface area contributed by atoms with Crippen LogP contribution in [0.1, 0.15) is 29.7 Å². The molecule has 0 bridgehead atoms. The van der Waals surface area contributed by atoms with Gasteiger partial charge in [-0.15, -0.1) is 0 Å². The molecule has 3 N–H and O–H groups in total. The molecular formula is C18H22N2O. The van der Waals surface area contributed by atoms with Crippen molar-refractivity contribution >= 4 is 11.6 Å². The van der Waals surface area contributed by atoms with Gasteiger partial charge in [0.1, 0.15) is 0 Å². The molecule has 0 saturated heterocycles. The molecule has 0 radical (unpaired) electrons. The number of nitrogens with two attached hydrogens (primary N) is 1. The Kier molecular flexibility index (Phi) is 4.76. The van der Waals surface area contributed by atoms with Crippen LogP contribution in [0, 0.1) is 19.8 Å². The summed E-state index contributed by atoms with van der Waals surface area (Å²) in [7, 11) is 0. The highest BCUT2D eigenvalue weighted by atomic mass is 16.1. The van der Waals surface area contributed by atoms with Gasteiger partial charge in [-0.25, -0.2) is 0 Å². The smallest absolute Gasteiger partial charge is 0.229 e.